The highest BCUT2D eigenvalue weighted by atomic mass is 32.2. The number of rotatable bonds is 8. The number of hydrogen-bond donors (Lipinski definition) is 2. The second-order valence-electron chi connectivity index (χ2n) is 6.31. The SMILES string of the molecule is C=CCON=C(C(=O)N[C@@H]1C(=O)N2C(C)=C(COC(C)=O)CS[C@H]12)c1nsc(N)n1. The standard InChI is InChI=1S/C17H20N6O5S2/c1-4-5-28-21-11(13-20-17(18)30-22-13)14(25)19-12-15(26)23-8(2)10(6-27-9(3)24)7-29-16(12)23/h4,12,16H,1,5-7H2,2-3H3,(H,19,25)(H2,18,20,22)/t12-,16-/m1/s1. The predicted octanol–water partition coefficient (Wildman–Crippen LogP) is 0.264. The summed E-state index contributed by atoms with van der Waals surface area (Å²) in [7, 11) is 0. The second-order valence-corrected chi connectivity index (χ2v) is 8.20. The van der Waals surface area contributed by atoms with Crippen molar-refractivity contribution in [2.45, 2.75) is 25.3 Å². The number of carbonyl (C=O) groups is 3. The molecular weight excluding hydrogens is 432 g/mol. The fraction of sp³-hybridized carbons (Fsp3) is 0.412. The van der Waals surface area contributed by atoms with Gasteiger partial charge in [0, 0.05) is 29.9 Å². The van der Waals surface area contributed by atoms with Crippen LogP contribution in [0.1, 0.15) is 19.7 Å². The van der Waals surface area contributed by atoms with Gasteiger partial charge in [0.25, 0.3) is 11.8 Å². The Kier molecular flexibility index (Phi) is 6.72. The number of nitrogens with one attached hydrogen (secondary N) is 1. The normalized spacial score (nSPS) is 20.9. The number of nitrogens with zero attached hydrogens (tertiary/aromatic N) is 4. The Morgan fingerprint density at radius 1 is 1.50 bits per heavy atom. The Labute approximate surface area is 180 Å². The summed E-state index contributed by atoms with van der Waals surface area (Å²) in [6.45, 7) is 6.85. The van der Waals surface area contributed by atoms with Crippen LogP contribution < -0.4 is 11.1 Å². The number of nitrogen functional groups attached to an aromatic ring is 1. The molecule has 3 N–H and O–H groups in total. The third kappa shape index (κ3) is 4.46. The van der Waals surface area contributed by atoms with Crippen molar-refractivity contribution in [1.82, 2.24) is 19.6 Å². The van der Waals surface area contributed by atoms with E-state index in [0.29, 0.717) is 5.75 Å². The van der Waals surface area contributed by atoms with Crippen molar-refractivity contribution in [3.8, 4) is 0 Å². The highest BCUT2D eigenvalue weighted by Crippen LogP contribution is 2.40. The first-order valence-corrected chi connectivity index (χ1v) is 10.6. The summed E-state index contributed by atoms with van der Waals surface area (Å²) in [5, 5.41) is 6.35. The number of oxime groups is 1. The number of carbonyl (C=O) groups excluding carboxylic acids is 3. The molecule has 1 aromatic heterocycles. The van der Waals surface area contributed by atoms with Gasteiger partial charge < -0.3 is 20.6 Å². The van der Waals surface area contributed by atoms with Crippen molar-refractivity contribution in [3.63, 3.8) is 0 Å². The number of nitrogens with two attached hydrogens (primary N) is 1. The summed E-state index contributed by atoms with van der Waals surface area (Å²) in [6, 6.07) is -0.742. The fourth-order valence-electron chi connectivity index (χ4n) is 2.80. The van der Waals surface area contributed by atoms with Crippen LogP contribution in [0.2, 0.25) is 0 Å². The van der Waals surface area contributed by atoms with Gasteiger partial charge in [-0.25, -0.2) is 0 Å². The molecule has 0 radical (unpaired) electrons. The monoisotopic (exact) mass is 452 g/mol. The largest absolute Gasteiger partial charge is 0.461 e. The summed E-state index contributed by atoms with van der Waals surface area (Å²) in [4.78, 5) is 47.1. The Bertz CT molecular complexity index is 943. The molecule has 2 aliphatic rings. The molecule has 0 unspecified atom stereocenters. The Morgan fingerprint density at radius 3 is 2.90 bits per heavy atom. The van der Waals surface area contributed by atoms with Crippen LogP contribution in [0.15, 0.2) is 29.1 Å². The number of fused-ring (bicyclic) bond motifs is 1. The lowest BCUT2D eigenvalue weighted by Gasteiger charge is -2.50. The Balaban J connectivity index is 1.71. The predicted molar refractivity (Wildman–Crippen MR) is 111 cm³/mol. The van der Waals surface area contributed by atoms with E-state index in [1.807, 2.05) is 0 Å². The van der Waals surface area contributed by atoms with E-state index in [-0.39, 0.29) is 47.1 Å². The number of esters is 1. The Morgan fingerprint density at radius 2 is 2.27 bits per heavy atom. The first kappa shape index (κ1) is 21.8. The van der Waals surface area contributed by atoms with Crippen LogP contribution in [0.3, 0.4) is 0 Å². The maximum absolute atomic E-state index is 12.8. The van der Waals surface area contributed by atoms with Gasteiger partial charge in [-0.3, -0.25) is 19.3 Å². The Hall–Kier alpha value is -2.93. The number of amides is 2. The number of hydrogen-bond acceptors (Lipinski definition) is 11. The van der Waals surface area contributed by atoms with Crippen molar-refractivity contribution in [3.05, 3.63) is 29.7 Å². The number of aromatic nitrogens is 2. The zero-order valence-corrected chi connectivity index (χ0v) is 17.9. The smallest absolute Gasteiger partial charge is 0.302 e. The molecule has 2 aliphatic heterocycles. The lowest BCUT2D eigenvalue weighted by atomic mass is 10.0. The number of β-lactam (4-membered cyclic amide) rings is 1. The maximum atomic E-state index is 12.8. The van der Waals surface area contributed by atoms with E-state index in [0.717, 1.165) is 22.8 Å². The minimum absolute atomic E-state index is 0.0127. The van der Waals surface area contributed by atoms with Crippen LogP contribution >= 0.6 is 23.3 Å². The number of allylic oxidation sites excluding steroid dienone is 1. The van der Waals surface area contributed by atoms with Gasteiger partial charge in [-0.15, -0.1) is 11.8 Å². The van der Waals surface area contributed by atoms with Crippen molar-refractivity contribution in [2.75, 3.05) is 24.7 Å². The first-order valence-electron chi connectivity index (χ1n) is 8.81. The first-order chi connectivity index (χ1) is 14.3. The van der Waals surface area contributed by atoms with Crippen molar-refractivity contribution >= 4 is 51.9 Å². The van der Waals surface area contributed by atoms with E-state index >= 15 is 0 Å². The van der Waals surface area contributed by atoms with Crippen molar-refractivity contribution < 1.29 is 24.0 Å². The average molecular weight is 453 g/mol. The molecule has 0 saturated carbocycles. The van der Waals surface area contributed by atoms with Crippen molar-refractivity contribution in [2.24, 2.45) is 5.16 Å². The molecule has 1 aromatic rings. The molecule has 3 heterocycles. The van der Waals surface area contributed by atoms with E-state index in [1.165, 1.54) is 24.8 Å². The van der Waals surface area contributed by atoms with Crippen LogP contribution in [-0.2, 0) is 24.0 Å². The summed E-state index contributed by atoms with van der Waals surface area (Å²) in [5.74, 6) is -0.714. The van der Waals surface area contributed by atoms with Crippen LogP contribution in [-0.4, -0.2) is 68.1 Å². The minimum atomic E-state index is -0.742. The van der Waals surface area contributed by atoms with Gasteiger partial charge in [0.05, 0.1) is 0 Å². The van der Waals surface area contributed by atoms with Gasteiger partial charge in [0.15, 0.2) is 5.13 Å². The van der Waals surface area contributed by atoms with Gasteiger partial charge in [0.2, 0.25) is 11.5 Å². The molecule has 3 rings (SSSR count). The molecule has 11 nitrogen and oxygen atoms in total. The molecule has 0 spiro atoms. The van der Waals surface area contributed by atoms with Crippen LogP contribution in [0.5, 0.6) is 0 Å². The topological polar surface area (TPSA) is 149 Å². The molecule has 30 heavy (non-hydrogen) atoms. The van der Waals surface area contributed by atoms with E-state index in [9.17, 15) is 14.4 Å². The van der Waals surface area contributed by atoms with Gasteiger partial charge in [-0.05, 0) is 12.5 Å². The van der Waals surface area contributed by atoms with Gasteiger partial charge >= 0.3 is 5.97 Å². The number of ether oxygens (including phenoxy) is 1. The van der Waals surface area contributed by atoms with E-state index in [1.54, 1.807) is 11.8 Å². The lowest BCUT2D eigenvalue weighted by molar-refractivity contribution is -0.145. The molecule has 160 valence electrons. The molecule has 0 bridgehead atoms. The molecule has 0 aliphatic carbocycles. The highest BCUT2D eigenvalue weighted by Gasteiger charge is 2.52. The number of thioether (sulfide) groups is 1. The van der Waals surface area contributed by atoms with Gasteiger partial charge in [-0.2, -0.15) is 9.36 Å². The van der Waals surface area contributed by atoms with Crippen LogP contribution in [0.25, 0.3) is 0 Å². The summed E-state index contributed by atoms with van der Waals surface area (Å²) in [5.41, 5.74) is 6.99. The van der Waals surface area contributed by atoms with Crippen LogP contribution in [0.4, 0.5) is 5.13 Å². The summed E-state index contributed by atoms with van der Waals surface area (Å²) >= 11 is 2.38. The summed E-state index contributed by atoms with van der Waals surface area (Å²) in [6.07, 6.45) is 1.47. The summed E-state index contributed by atoms with van der Waals surface area (Å²) < 4.78 is 9.02. The quantitative estimate of drug-likeness (QED) is 0.141. The van der Waals surface area contributed by atoms with Crippen molar-refractivity contribution in [1.29, 1.82) is 0 Å². The average Bonchev–Trinajstić information content (AvgIpc) is 3.13. The molecule has 0 aromatic carbocycles. The maximum Gasteiger partial charge on any atom is 0.302 e. The molecule has 13 heteroatoms. The fourth-order valence-corrected chi connectivity index (χ4v) is 4.69. The zero-order valence-electron chi connectivity index (χ0n) is 16.3. The molecule has 2 amide bonds. The minimum Gasteiger partial charge on any atom is -0.461 e. The number of anilines is 1. The van der Waals surface area contributed by atoms with Crippen LogP contribution in [0, 0.1) is 0 Å². The molecular formula is C17H20N6O5S2. The zero-order chi connectivity index (χ0) is 21.8. The van der Waals surface area contributed by atoms with E-state index in [4.69, 9.17) is 15.3 Å². The highest BCUT2D eigenvalue weighted by molar-refractivity contribution is 8.00. The van der Waals surface area contributed by atoms with Gasteiger partial charge in [-0.1, -0.05) is 17.8 Å². The van der Waals surface area contributed by atoms with E-state index in [2.05, 4.69) is 26.4 Å². The third-order valence-corrected chi connectivity index (χ3v) is 6.18. The molecule has 2 atom stereocenters. The molecule has 1 fully saturated rings. The van der Waals surface area contributed by atoms with Gasteiger partial charge in [0.1, 0.15) is 24.6 Å². The van der Waals surface area contributed by atoms with E-state index < -0.39 is 11.9 Å². The molecule has 1 saturated heterocycles. The lowest BCUT2D eigenvalue weighted by Crippen LogP contribution is -2.70. The second kappa shape index (κ2) is 9.26. The third-order valence-electron chi connectivity index (χ3n) is 4.30.